The maximum Gasteiger partial charge on any atom is 0.289 e. The fraction of sp³-hybridized carbons (Fsp3) is 0.235. The Bertz CT molecular complexity index is 809. The molecule has 2 aromatic carbocycles. The van der Waals surface area contributed by atoms with E-state index in [-0.39, 0.29) is 6.54 Å². The van der Waals surface area contributed by atoms with E-state index in [1.807, 2.05) is 25.1 Å². The second-order valence-corrected chi connectivity index (χ2v) is 6.59. The van der Waals surface area contributed by atoms with E-state index in [0.717, 1.165) is 23.4 Å². The smallest absolute Gasteiger partial charge is 0.289 e. The molecule has 0 bridgehead atoms. The minimum Gasteiger partial charge on any atom is -0.351 e. The van der Waals surface area contributed by atoms with E-state index in [9.17, 15) is 25.0 Å². The summed E-state index contributed by atoms with van der Waals surface area (Å²) in [4.78, 5) is 32.8. The molecule has 0 aromatic heterocycles. The van der Waals surface area contributed by atoms with Crippen LogP contribution in [0.3, 0.4) is 0 Å². The summed E-state index contributed by atoms with van der Waals surface area (Å²) in [7, 11) is 0. The highest BCUT2D eigenvalue weighted by Crippen LogP contribution is 2.27. The molecule has 0 fully saturated rings. The van der Waals surface area contributed by atoms with Crippen LogP contribution in [0.15, 0.2) is 42.5 Å². The van der Waals surface area contributed by atoms with E-state index >= 15 is 0 Å². The first-order valence-electron chi connectivity index (χ1n) is 7.73. The van der Waals surface area contributed by atoms with Gasteiger partial charge in [-0.2, -0.15) is 11.8 Å². The topological polar surface area (TPSA) is 115 Å². The Kier molecular flexibility index (Phi) is 6.67. The zero-order chi connectivity index (χ0) is 19.1. The van der Waals surface area contributed by atoms with Gasteiger partial charge >= 0.3 is 0 Å². The summed E-state index contributed by atoms with van der Waals surface area (Å²) >= 11 is 1.59. The summed E-state index contributed by atoms with van der Waals surface area (Å²) in [5.74, 6) is 0.525. The van der Waals surface area contributed by atoms with Gasteiger partial charge in [-0.05, 0) is 18.6 Å². The van der Waals surface area contributed by atoms with Crippen LogP contribution >= 0.6 is 11.8 Å². The number of hydrogen-bond donors (Lipinski definition) is 1. The molecule has 0 saturated carbocycles. The number of amides is 1. The van der Waals surface area contributed by atoms with Crippen molar-refractivity contribution in [2.24, 2.45) is 0 Å². The third-order valence-corrected chi connectivity index (χ3v) is 4.55. The van der Waals surface area contributed by atoms with Gasteiger partial charge in [0.25, 0.3) is 17.3 Å². The first-order valence-corrected chi connectivity index (χ1v) is 8.89. The fourth-order valence-electron chi connectivity index (χ4n) is 2.38. The third-order valence-electron chi connectivity index (χ3n) is 3.52. The summed E-state index contributed by atoms with van der Waals surface area (Å²) in [6.07, 6.45) is 0. The van der Waals surface area contributed by atoms with Crippen LogP contribution in [0.1, 0.15) is 21.5 Å². The fourth-order valence-corrected chi connectivity index (χ4v) is 3.19. The first kappa shape index (κ1) is 19.4. The van der Waals surface area contributed by atoms with Gasteiger partial charge in [-0.3, -0.25) is 25.0 Å². The zero-order valence-electron chi connectivity index (χ0n) is 14.0. The van der Waals surface area contributed by atoms with Crippen LogP contribution in [0.25, 0.3) is 0 Å². The van der Waals surface area contributed by atoms with Crippen LogP contribution in [0.2, 0.25) is 0 Å². The zero-order valence-corrected chi connectivity index (χ0v) is 14.8. The molecule has 26 heavy (non-hydrogen) atoms. The van der Waals surface area contributed by atoms with Crippen LogP contribution in [-0.2, 0) is 5.75 Å². The Labute approximate surface area is 153 Å². The Hall–Kier alpha value is -2.94. The number of nitro groups is 2. The second kappa shape index (κ2) is 8.95. The predicted molar refractivity (Wildman–Crippen MR) is 99.4 cm³/mol. The second-order valence-electron chi connectivity index (χ2n) is 5.48. The number of nitrogens with zero attached hydrogens (tertiary/aromatic N) is 2. The molecule has 8 nitrogen and oxygen atoms in total. The minimum atomic E-state index is -0.819. The number of nitrogens with one attached hydrogen (secondary N) is 1. The average Bonchev–Trinajstić information content (AvgIpc) is 2.60. The number of carbonyl (C=O) groups is 1. The summed E-state index contributed by atoms with van der Waals surface area (Å²) < 4.78 is 0. The lowest BCUT2D eigenvalue weighted by Gasteiger charge is -2.07. The highest BCUT2D eigenvalue weighted by molar-refractivity contribution is 7.98. The largest absolute Gasteiger partial charge is 0.351 e. The number of thioether (sulfide) groups is 1. The summed E-state index contributed by atoms with van der Waals surface area (Å²) in [5.41, 5.74) is 0.648. The van der Waals surface area contributed by atoms with E-state index in [4.69, 9.17) is 0 Å². The number of benzene rings is 2. The number of nitro benzene ring substituents is 2. The molecule has 0 radical (unpaired) electrons. The van der Waals surface area contributed by atoms with Crippen LogP contribution in [0.5, 0.6) is 0 Å². The van der Waals surface area contributed by atoms with E-state index in [2.05, 4.69) is 11.4 Å². The van der Waals surface area contributed by atoms with Gasteiger partial charge in [-0.15, -0.1) is 0 Å². The molecule has 0 aliphatic carbocycles. The van der Waals surface area contributed by atoms with Crippen molar-refractivity contribution >= 4 is 29.0 Å². The molecule has 0 saturated heterocycles. The van der Waals surface area contributed by atoms with Gasteiger partial charge in [0.2, 0.25) is 0 Å². The van der Waals surface area contributed by atoms with Crippen LogP contribution < -0.4 is 5.32 Å². The standard InChI is InChI=1S/C17H17N3O5S/c1-12-4-2-5-13(10-12)11-26-9-8-18-17(21)16-14(19(22)23)6-3-7-15(16)20(24)25/h2-7,10H,8-9,11H2,1H3,(H,18,21). The lowest BCUT2D eigenvalue weighted by Crippen LogP contribution is -2.27. The molecular weight excluding hydrogens is 358 g/mol. The maximum absolute atomic E-state index is 12.2. The highest BCUT2D eigenvalue weighted by atomic mass is 32.2. The van der Waals surface area contributed by atoms with Crippen molar-refractivity contribution in [1.29, 1.82) is 0 Å². The molecule has 0 aliphatic heterocycles. The van der Waals surface area contributed by atoms with Crippen molar-refractivity contribution in [1.82, 2.24) is 5.32 Å². The molecule has 0 heterocycles. The number of carbonyl (C=O) groups excluding carboxylic acids is 1. The number of hydrogen-bond acceptors (Lipinski definition) is 6. The summed E-state index contributed by atoms with van der Waals surface area (Å²) in [5, 5.41) is 24.6. The van der Waals surface area contributed by atoms with Gasteiger partial charge in [0.05, 0.1) is 9.85 Å². The maximum atomic E-state index is 12.2. The van der Waals surface area contributed by atoms with E-state index in [1.165, 1.54) is 11.6 Å². The predicted octanol–water partition coefficient (Wildman–Crippen LogP) is 3.47. The van der Waals surface area contributed by atoms with E-state index < -0.39 is 32.7 Å². The number of aryl methyl sites for hydroxylation is 1. The summed E-state index contributed by atoms with van der Waals surface area (Å²) in [6.45, 7) is 2.26. The van der Waals surface area contributed by atoms with E-state index in [0.29, 0.717) is 5.75 Å². The van der Waals surface area contributed by atoms with Gasteiger partial charge < -0.3 is 5.32 Å². The van der Waals surface area contributed by atoms with Gasteiger partial charge in [-0.25, -0.2) is 0 Å². The van der Waals surface area contributed by atoms with Crippen molar-refractivity contribution in [3.8, 4) is 0 Å². The molecule has 0 aliphatic rings. The quantitative estimate of drug-likeness (QED) is 0.429. The molecular formula is C17H17N3O5S. The molecule has 2 rings (SSSR count). The normalized spacial score (nSPS) is 10.3. The highest BCUT2D eigenvalue weighted by Gasteiger charge is 2.30. The third kappa shape index (κ3) is 5.03. The SMILES string of the molecule is Cc1cccc(CSCCNC(=O)c2c([N+](=O)[O-])cccc2[N+](=O)[O-])c1. The van der Waals surface area contributed by atoms with Crippen molar-refractivity contribution in [3.63, 3.8) is 0 Å². The lowest BCUT2D eigenvalue weighted by atomic mass is 10.1. The van der Waals surface area contributed by atoms with Gasteiger partial charge in [0, 0.05) is 30.2 Å². The van der Waals surface area contributed by atoms with Crippen molar-refractivity contribution in [2.45, 2.75) is 12.7 Å². The molecule has 1 amide bonds. The molecule has 1 N–H and O–H groups in total. The minimum absolute atomic E-state index is 0.249. The van der Waals surface area contributed by atoms with Crippen LogP contribution in [0, 0.1) is 27.2 Å². The first-order chi connectivity index (χ1) is 12.4. The molecule has 0 spiro atoms. The van der Waals surface area contributed by atoms with E-state index in [1.54, 1.807) is 11.8 Å². The molecule has 0 atom stereocenters. The molecule has 2 aromatic rings. The summed E-state index contributed by atoms with van der Waals surface area (Å²) in [6, 6.07) is 11.4. The molecule has 9 heteroatoms. The lowest BCUT2D eigenvalue weighted by molar-refractivity contribution is -0.394. The van der Waals surface area contributed by atoms with Gasteiger partial charge in [0.1, 0.15) is 0 Å². The van der Waals surface area contributed by atoms with Crippen LogP contribution in [-0.4, -0.2) is 28.1 Å². The Morgan fingerprint density at radius 3 is 2.27 bits per heavy atom. The van der Waals surface area contributed by atoms with Crippen molar-refractivity contribution in [3.05, 3.63) is 79.4 Å². The Morgan fingerprint density at radius 2 is 1.69 bits per heavy atom. The van der Waals surface area contributed by atoms with Crippen LogP contribution in [0.4, 0.5) is 11.4 Å². The molecule has 136 valence electrons. The average molecular weight is 375 g/mol. The van der Waals surface area contributed by atoms with Crippen molar-refractivity contribution in [2.75, 3.05) is 12.3 Å². The monoisotopic (exact) mass is 375 g/mol. The number of rotatable bonds is 8. The molecule has 0 unspecified atom stereocenters. The Morgan fingerprint density at radius 1 is 1.08 bits per heavy atom. The van der Waals surface area contributed by atoms with Gasteiger partial charge in [-0.1, -0.05) is 29.8 Å². The van der Waals surface area contributed by atoms with Crippen molar-refractivity contribution < 1.29 is 14.6 Å². The Balaban J connectivity index is 1.95. The van der Waals surface area contributed by atoms with Gasteiger partial charge in [0.15, 0.2) is 5.56 Å².